The lowest BCUT2D eigenvalue weighted by Gasteiger charge is -2.44. The smallest absolute Gasteiger partial charge is 0.0848 e. The molecule has 0 aromatic rings. The number of rotatable bonds is 8. The van der Waals surface area contributed by atoms with Crippen molar-refractivity contribution < 1.29 is 14.5 Å². The second-order valence-electron chi connectivity index (χ2n) is 7.25. The lowest BCUT2D eigenvalue weighted by molar-refractivity contribution is -0.832. The highest BCUT2D eigenvalue weighted by Crippen LogP contribution is 2.36. The molecule has 2 N–H and O–H groups in total. The Kier molecular flexibility index (Phi) is 7.72. The van der Waals surface area contributed by atoms with E-state index in [4.69, 9.17) is 14.9 Å². The number of nitrogens with one attached hydrogen (secondary N) is 2. The SMILES string of the molecule is CNCCN(C)CC1C[NH+](C)[N-]C1C1CCCC(OC)C1OC. The van der Waals surface area contributed by atoms with E-state index >= 15 is 0 Å². The monoisotopic (exact) mass is 328 g/mol. The third-order valence-corrected chi connectivity index (χ3v) is 5.53. The van der Waals surface area contributed by atoms with Crippen LogP contribution in [-0.4, -0.2) is 84.7 Å². The molecular weight excluding hydrogens is 292 g/mol. The van der Waals surface area contributed by atoms with Gasteiger partial charge in [-0.1, -0.05) is 12.5 Å². The first-order valence-corrected chi connectivity index (χ1v) is 9.02. The van der Waals surface area contributed by atoms with E-state index in [0.717, 1.165) is 32.6 Å². The van der Waals surface area contributed by atoms with Gasteiger partial charge in [-0.3, -0.25) is 0 Å². The highest BCUT2D eigenvalue weighted by molar-refractivity contribution is 5.02. The molecule has 6 heteroatoms. The first kappa shape index (κ1) is 19.1. The van der Waals surface area contributed by atoms with Crippen molar-refractivity contribution in [2.75, 3.05) is 61.5 Å². The van der Waals surface area contributed by atoms with E-state index in [1.54, 1.807) is 0 Å². The summed E-state index contributed by atoms with van der Waals surface area (Å²) in [6.45, 7) is 4.35. The van der Waals surface area contributed by atoms with Gasteiger partial charge in [0, 0.05) is 39.8 Å². The van der Waals surface area contributed by atoms with Crippen molar-refractivity contribution in [2.24, 2.45) is 11.8 Å². The predicted octanol–water partition coefficient (Wildman–Crippen LogP) is -0.230. The molecule has 0 aromatic carbocycles. The van der Waals surface area contributed by atoms with Gasteiger partial charge >= 0.3 is 0 Å². The molecule has 0 amide bonds. The zero-order chi connectivity index (χ0) is 16.8. The second kappa shape index (κ2) is 9.30. The fourth-order valence-electron chi connectivity index (χ4n) is 4.43. The van der Waals surface area contributed by atoms with E-state index in [1.165, 1.54) is 17.9 Å². The Morgan fingerprint density at radius 1 is 1.26 bits per heavy atom. The van der Waals surface area contributed by atoms with Crippen LogP contribution in [0.3, 0.4) is 0 Å². The number of hydrogen-bond donors (Lipinski definition) is 2. The summed E-state index contributed by atoms with van der Waals surface area (Å²) in [5, 5.41) is 4.53. The van der Waals surface area contributed by atoms with Gasteiger partial charge in [-0.25, -0.2) is 0 Å². The molecule has 1 saturated heterocycles. The van der Waals surface area contributed by atoms with Crippen molar-refractivity contribution >= 4 is 0 Å². The van der Waals surface area contributed by atoms with Crippen LogP contribution in [0.25, 0.3) is 5.43 Å². The molecule has 1 aliphatic heterocycles. The zero-order valence-electron chi connectivity index (χ0n) is 15.5. The van der Waals surface area contributed by atoms with Crippen LogP contribution in [0.15, 0.2) is 0 Å². The molecule has 2 fully saturated rings. The van der Waals surface area contributed by atoms with Crippen molar-refractivity contribution in [1.82, 2.24) is 10.2 Å². The average molecular weight is 329 g/mol. The largest absolute Gasteiger partial charge is 0.451 e. The normalized spacial score (nSPS) is 38.3. The van der Waals surface area contributed by atoms with Crippen molar-refractivity contribution in [1.29, 1.82) is 0 Å². The Balaban J connectivity index is 2.02. The minimum atomic E-state index is 0.179. The van der Waals surface area contributed by atoms with Gasteiger partial charge in [0.15, 0.2) is 0 Å². The van der Waals surface area contributed by atoms with Gasteiger partial charge in [0.2, 0.25) is 0 Å². The first-order chi connectivity index (χ1) is 11.1. The molecule has 23 heavy (non-hydrogen) atoms. The number of methoxy groups -OCH3 is 2. The maximum atomic E-state index is 5.86. The number of ether oxygens (including phenoxy) is 2. The molecule has 6 atom stereocenters. The van der Waals surface area contributed by atoms with Gasteiger partial charge in [0.1, 0.15) is 0 Å². The predicted molar refractivity (Wildman–Crippen MR) is 92.7 cm³/mol. The Morgan fingerprint density at radius 2 is 2.04 bits per heavy atom. The maximum absolute atomic E-state index is 5.86. The number of likely N-dealkylation sites (N-methyl/N-ethyl adjacent to an activating group) is 2. The van der Waals surface area contributed by atoms with Gasteiger partial charge in [0.25, 0.3) is 0 Å². The van der Waals surface area contributed by atoms with Crippen molar-refractivity contribution in [3.05, 3.63) is 5.43 Å². The maximum Gasteiger partial charge on any atom is 0.0848 e. The van der Waals surface area contributed by atoms with Crippen LogP contribution >= 0.6 is 0 Å². The number of quaternary nitrogens is 1. The highest BCUT2D eigenvalue weighted by Gasteiger charge is 2.41. The second-order valence-corrected chi connectivity index (χ2v) is 7.25. The lowest BCUT2D eigenvalue weighted by atomic mass is 9.76. The summed E-state index contributed by atoms with van der Waals surface area (Å²) in [6, 6.07) is 0.384. The van der Waals surface area contributed by atoms with Gasteiger partial charge in [-0.15, -0.1) is 0 Å². The van der Waals surface area contributed by atoms with E-state index in [9.17, 15) is 0 Å². The molecule has 2 aliphatic rings. The van der Waals surface area contributed by atoms with Crippen molar-refractivity contribution in [2.45, 2.75) is 37.5 Å². The van der Waals surface area contributed by atoms with Crippen molar-refractivity contribution in [3.63, 3.8) is 0 Å². The third kappa shape index (κ3) is 4.87. The van der Waals surface area contributed by atoms with Gasteiger partial charge in [0.05, 0.1) is 25.8 Å². The molecule has 0 aromatic heterocycles. The van der Waals surface area contributed by atoms with Gasteiger partial charge in [-0.2, -0.15) is 0 Å². The Morgan fingerprint density at radius 3 is 2.70 bits per heavy atom. The standard InChI is InChI=1S/C17H36N4O2/c1-18-9-10-20(2)11-13-12-21(3)19-16(13)14-7-6-8-15(22-4)17(14)23-5/h13-18,21H,6-12H2,1-5H3. The Labute approximate surface area is 141 Å². The average Bonchev–Trinajstić information content (AvgIpc) is 2.92. The van der Waals surface area contributed by atoms with E-state index < -0.39 is 0 Å². The Bertz CT molecular complexity index is 345. The summed E-state index contributed by atoms with van der Waals surface area (Å²) in [4.78, 5) is 2.43. The fraction of sp³-hybridized carbons (Fsp3) is 1.00. The summed E-state index contributed by atoms with van der Waals surface area (Å²) in [5.41, 5.74) is 5.03. The molecule has 0 spiro atoms. The molecule has 0 radical (unpaired) electrons. The van der Waals surface area contributed by atoms with Crippen LogP contribution in [-0.2, 0) is 9.47 Å². The summed E-state index contributed by atoms with van der Waals surface area (Å²) in [5.74, 6) is 1.09. The van der Waals surface area contributed by atoms with Crippen LogP contribution < -0.4 is 10.3 Å². The molecule has 136 valence electrons. The van der Waals surface area contributed by atoms with Crippen LogP contribution in [0.1, 0.15) is 19.3 Å². The number of hydrogen-bond acceptors (Lipinski definition) is 4. The van der Waals surface area contributed by atoms with Crippen LogP contribution in [0, 0.1) is 11.8 Å². The molecular formula is C17H36N4O2. The molecule has 6 unspecified atom stereocenters. The number of nitrogens with zero attached hydrogens (tertiary/aromatic N) is 2. The first-order valence-electron chi connectivity index (χ1n) is 9.02. The van der Waals surface area contributed by atoms with Crippen molar-refractivity contribution in [3.8, 4) is 0 Å². The molecule has 6 nitrogen and oxygen atoms in total. The van der Waals surface area contributed by atoms with Gasteiger partial charge < -0.3 is 30.1 Å². The van der Waals surface area contributed by atoms with E-state index in [2.05, 4.69) is 24.3 Å². The van der Waals surface area contributed by atoms with Crippen LogP contribution in [0.2, 0.25) is 0 Å². The van der Waals surface area contributed by atoms with E-state index in [-0.39, 0.29) is 12.2 Å². The highest BCUT2D eigenvalue weighted by atomic mass is 16.5. The Hall–Kier alpha value is -0.240. The van der Waals surface area contributed by atoms with E-state index in [1.807, 2.05) is 21.3 Å². The fourth-order valence-corrected chi connectivity index (χ4v) is 4.43. The molecule has 1 saturated carbocycles. The lowest BCUT2D eigenvalue weighted by Crippen LogP contribution is -3.03. The zero-order valence-corrected chi connectivity index (χ0v) is 15.5. The van der Waals surface area contributed by atoms with Gasteiger partial charge in [-0.05, 0) is 32.9 Å². The summed E-state index contributed by atoms with van der Waals surface area (Å²) in [6.07, 6.45) is 3.93. The molecule has 1 heterocycles. The molecule has 2 rings (SSSR count). The minimum Gasteiger partial charge on any atom is -0.451 e. The third-order valence-electron chi connectivity index (χ3n) is 5.53. The summed E-state index contributed by atoms with van der Waals surface area (Å²) in [7, 11) is 10.0. The topological polar surface area (TPSA) is 52.3 Å². The molecule has 1 aliphatic carbocycles. The van der Waals surface area contributed by atoms with Crippen LogP contribution in [0.4, 0.5) is 0 Å². The summed E-state index contributed by atoms with van der Waals surface area (Å²) >= 11 is 0. The quantitative estimate of drug-likeness (QED) is 0.646. The molecule has 0 bridgehead atoms. The van der Waals surface area contributed by atoms with Crippen LogP contribution in [0.5, 0.6) is 0 Å². The minimum absolute atomic E-state index is 0.179. The van der Waals surface area contributed by atoms with E-state index in [0.29, 0.717) is 17.9 Å². The summed E-state index contributed by atoms with van der Waals surface area (Å²) < 4.78 is 11.5.